The molecule has 0 radical (unpaired) electrons. The van der Waals surface area contributed by atoms with Crippen LogP contribution in [0.2, 0.25) is 0 Å². The first kappa shape index (κ1) is 13.7. The van der Waals surface area contributed by atoms with Crippen LogP contribution in [0.15, 0.2) is 42.7 Å². The lowest BCUT2D eigenvalue weighted by Gasteiger charge is -2.19. The van der Waals surface area contributed by atoms with Crippen molar-refractivity contribution in [2.75, 3.05) is 0 Å². The molecule has 21 heavy (non-hydrogen) atoms. The lowest BCUT2D eigenvalue weighted by atomic mass is 9.94. The zero-order chi connectivity index (χ0) is 15.0. The van der Waals surface area contributed by atoms with E-state index in [2.05, 4.69) is 10.5 Å². The smallest absolute Gasteiger partial charge is 0.128 e. The van der Waals surface area contributed by atoms with Crippen molar-refractivity contribution in [3.05, 3.63) is 70.8 Å². The Morgan fingerprint density at radius 1 is 1.29 bits per heavy atom. The second kappa shape index (κ2) is 5.27. The molecule has 1 atom stereocenters. The molecule has 0 saturated heterocycles. The molecule has 108 valence electrons. The summed E-state index contributed by atoms with van der Waals surface area (Å²) in [5, 5.41) is 4.29. The van der Waals surface area contributed by atoms with Crippen LogP contribution in [0.4, 0.5) is 4.39 Å². The zero-order valence-corrected chi connectivity index (χ0v) is 12.0. The van der Waals surface area contributed by atoms with E-state index in [4.69, 9.17) is 5.84 Å². The highest BCUT2D eigenvalue weighted by molar-refractivity contribution is 5.58. The van der Waals surface area contributed by atoms with Crippen LogP contribution in [0.1, 0.15) is 28.3 Å². The molecule has 0 aliphatic rings. The van der Waals surface area contributed by atoms with Crippen LogP contribution in [0.3, 0.4) is 0 Å². The number of aryl methyl sites for hydroxylation is 2. The van der Waals surface area contributed by atoms with Gasteiger partial charge in [-0.15, -0.1) is 0 Å². The van der Waals surface area contributed by atoms with Gasteiger partial charge < -0.3 is 0 Å². The molecule has 1 aromatic carbocycles. The molecule has 0 spiro atoms. The summed E-state index contributed by atoms with van der Waals surface area (Å²) in [4.78, 5) is 0. The largest absolute Gasteiger partial charge is 0.271 e. The summed E-state index contributed by atoms with van der Waals surface area (Å²) in [5.74, 6) is 5.45. The van der Waals surface area contributed by atoms with Crippen LogP contribution >= 0.6 is 0 Å². The Morgan fingerprint density at radius 3 is 2.81 bits per heavy atom. The van der Waals surface area contributed by atoms with Gasteiger partial charge in [-0.05, 0) is 43.2 Å². The number of benzene rings is 1. The summed E-state index contributed by atoms with van der Waals surface area (Å²) < 4.78 is 16.2. The van der Waals surface area contributed by atoms with Gasteiger partial charge in [-0.1, -0.05) is 12.1 Å². The van der Waals surface area contributed by atoms with Gasteiger partial charge in [0.05, 0.1) is 17.8 Å². The fourth-order valence-electron chi connectivity index (χ4n) is 2.80. The Morgan fingerprint density at radius 2 is 2.10 bits per heavy atom. The SMILES string of the molecule is Cc1cc(C)c(C(NN)c2cnn3ccccc23)c(F)c1. The molecular formula is C16H17FN4. The molecular weight excluding hydrogens is 267 g/mol. The summed E-state index contributed by atoms with van der Waals surface area (Å²) >= 11 is 0. The van der Waals surface area contributed by atoms with Crippen LogP contribution in [0.25, 0.3) is 5.52 Å². The second-order valence-corrected chi connectivity index (χ2v) is 5.21. The first-order valence-corrected chi connectivity index (χ1v) is 6.77. The van der Waals surface area contributed by atoms with Gasteiger partial charge in [0.15, 0.2) is 0 Å². The van der Waals surface area contributed by atoms with Gasteiger partial charge in [-0.2, -0.15) is 5.10 Å². The van der Waals surface area contributed by atoms with E-state index in [0.717, 1.165) is 22.2 Å². The maximum absolute atomic E-state index is 14.4. The van der Waals surface area contributed by atoms with Crippen molar-refractivity contribution in [3.8, 4) is 0 Å². The van der Waals surface area contributed by atoms with Gasteiger partial charge in [0, 0.05) is 17.3 Å². The van der Waals surface area contributed by atoms with E-state index in [0.29, 0.717) is 5.56 Å². The third-order valence-corrected chi connectivity index (χ3v) is 3.70. The van der Waals surface area contributed by atoms with Gasteiger partial charge >= 0.3 is 0 Å². The maximum Gasteiger partial charge on any atom is 0.128 e. The molecule has 4 nitrogen and oxygen atoms in total. The predicted molar refractivity (Wildman–Crippen MR) is 80.2 cm³/mol. The third-order valence-electron chi connectivity index (χ3n) is 3.70. The Kier molecular flexibility index (Phi) is 3.45. The van der Waals surface area contributed by atoms with Crippen LogP contribution in [0, 0.1) is 19.7 Å². The first-order valence-electron chi connectivity index (χ1n) is 6.77. The number of nitrogens with zero attached hydrogens (tertiary/aromatic N) is 2. The quantitative estimate of drug-likeness (QED) is 0.574. The summed E-state index contributed by atoms with van der Waals surface area (Å²) in [7, 11) is 0. The molecule has 3 N–H and O–H groups in total. The van der Waals surface area contributed by atoms with Gasteiger partial charge in [0.2, 0.25) is 0 Å². The fourth-order valence-corrected chi connectivity index (χ4v) is 2.80. The summed E-state index contributed by atoms with van der Waals surface area (Å²) in [5.41, 5.74) is 6.79. The van der Waals surface area contributed by atoms with Crippen molar-refractivity contribution in [3.63, 3.8) is 0 Å². The standard InChI is InChI=1S/C16H17FN4/c1-10-7-11(2)15(13(17)8-10)16(20-18)12-9-19-21-6-4-3-5-14(12)21/h3-9,16,20H,18H2,1-2H3. The van der Waals surface area contributed by atoms with Crippen molar-refractivity contribution < 1.29 is 4.39 Å². The van der Waals surface area contributed by atoms with Crippen molar-refractivity contribution in [2.45, 2.75) is 19.9 Å². The van der Waals surface area contributed by atoms with Gasteiger partial charge in [-0.3, -0.25) is 5.84 Å². The number of hydrazine groups is 1. The molecule has 3 aromatic rings. The minimum atomic E-state index is -0.439. The number of fused-ring (bicyclic) bond motifs is 1. The van der Waals surface area contributed by atoms with E-state index in [1.165, 1.54) is 6.07 Å². The van der Waals surface area contributed by atoms with E-state index in [1.807, 2.05) is 44.3 Å². The van der Waals surface area contributed by atoms with Gasteiger partial charge in [-0.25, -0.2) is 14.3 Å². The number of nitrogens with two attached hydrogens (primary N) is 1. The molecule has 0 aliphatic heterocycles. The minimum Gasteiger partial charge on any atom is -0.271 e. The fraction of sp³-hybridized carbons (Fsp3) is 0.188. The lowest BCUT2D eigenvalue weighted by Crippen LogP contribution is -2.30. The minimum absolute atomic E-state index is 0.259. The Balaban J connectivity index is 2.19. The van der Waals surface area contributed by atoms with Crippen LogP contribution in [0.5, 0.6) is 0 Å². The molecule has 0 aliphatic carbocycles. The summed E-state index contributed by atoms with van der Waals surface area (Å²) in [6.07, 6.45) is 3.57. The lowest BCUT2D eigenvalue weighted by molar-refractivity contribution is 0.558. The number of hydrogen-bond acceptors (Lipinski definition) is 3. The molecule has 0 fully saturated rings. The highest BCUT2D eigenvalue weighted by atomic mass is 19.1. The van der Waals surface area contributed by atoms with Crippen molar-refractivity contribution >= 4 is 5.52 Å². The molecule has 3 rings (SSSR count). The van der Waals surface area contributed by atoms with E-state index < -0.39 is 6.04 Å². The monoisotopic (exact) mass is 284 g/mol. The van der Waals surface area contributed by atoms with E-state index in [9.17, 15) is 4.39 Å². The molecule has 0 saturated carbocycles. The van der Waals surface area contributed by atoms with Crippen molar-refractivity contribution in [1.82, 2.24) is 15.0 Å². The number of pyridine rings is 1. The summed E-state index contributed by atoms with van der Waals surface area (Å²) in [6, 6.07) is 8.80. The summed E-state index contributed by atoms with van der Waals surface area (Å²) in [6.45, 7) is 3.77. The molecule has 2 aromatic heterocycles. The Hall–Kier alpha value is -2.24. The number of hydrogen-bond donors (Lipinski definition) is 2. The molecule has 1 unspecified atom stereocenters. The van der Waals surface area contributed by atoms with E-state index >= 15 is 0 Å². The average molecular weight is 284 g/mol. The number of nitrogens with one attached hydrogen (secondary N) is 1. The van der Waals surface area contributed by atoms with E-state index in [1.54, 1.807) is 10.7 Å². The topological polar surface area (TPSA) is 55.3 Å². The second-order valence-electron chi connectivity index (χ2n) is 5.21. The highest BCUT2D eigenvalue weighted by Gasteiger charge is 2.22. The molecule has 0 bridgehead atoms. The number of rotatable bonds is 3. The molecule has 2 heterocycles. The van der Waals surface area contributed by atoms with E-state index in [-0.39, 0.29) is 5.82 Å². The average Bonchev–Trinajstić information content (AvgIpc) is 2.86. The van der Waals surface area contributed by atoms with Crippen LogP contribution in [-0.2, 0) is 0 Å². The highest BCUT2D eigenvalue weighted by Crippen LogP contribution is 2.30. The number of aromatic nitrogens is 2. The Bertz CT molecular complexity index is 771. The van der Waals surface area contributed by atoms with Crippen LogP contribution < -0.4 is 11.3 Å². The normalized spacial score (nSPS) is 12.8. The first-order chi connectivity index (χ1) is 10.1. The van der Waals surface area contributed by atoms with Crippen molar-refractivity contribution in [2.24, 2.45) is 5.84 Å². The van der Waals surface area contributed by atoms with Crippen molar-refractivity contribution in [1.29, 1.82) is 0 Å². The Labute approximate surface area is 122 Å². The number of halogens is 1. The van der Waals surface area contributed by atoms with Crippen LogP contribution in [-0.4, -0.2) is 9.61 Å². The van der Waals surface area contributed by atoms with Gasteiger partial charge in [0.1, 0.15) is 5.82 Å². The third kappa shape index (κ3) is 2.30. The predicted octanol–water partition coefficient (Wildman–Crippen LogP) is 2.64. The maximum atomic E-state index is 14.4. The molecule has 5 heteroatoms. The molecule has 0 amide bonds. The zero-order valence-electron chi connectivity index (χ0n) is 12.0. The van der Waals surface area contributed by atoms with Gasteiger partial charge in [0.25, 0.3) is 0 Å².